The van der Waals surface area contributed by atoms with E-state index in [0.29, 0.717) is 93.9 Å². The topological polar surface area (TPSA) is 249 Å². The number of amides is 4. The van der Waals surface area contributed by atoms with Crippen molar-refractivity contribution in [1.82, 2.24) is 69.1 Å². The van der Waals surface area contributed by atoms with Gasteiger partial charge in [-0.3, -0.25) is 28.8 Å². The van der Waals surface area contributed by atoms with Crippen LogP contribution in [-0.4, -0.2) is 161 Å². The van der Waals surface area contributed by atoms with Crippen LogP contribution < -0.4 is 126 Å². The number of pyridine rings is 2. The molecule has 2 fully saturated rings. The first-order chi connectivity index (χ1) is 33.9. The summed E-state index contributed by atoms with van der Waals surface area (Å²) in [6, 6.07) is 18.0. The number of aryl methyl sites for hydroxylation is 2. The minimum Gasteiger partial charge on any atom is -1.00 e. The third-order valence-electron chi connectivity index (χ3n) is 11.9. The average molecular weight is 1080 g/mol. The van der Waals surface area contributed by atoms with Crippen molar-refractivity contribution in [2.75, 3.05) is 66.6 Å². The number of carbonyl (C=O) groups is 6. The molecular formula is C48H44BrKLi2N14O8. The van der Waals surface area contributed by atoms with Crippen molar-refractivity contribution in [1.29, 1.82) is 0 Å². The van der Waals surface area contributed by atoms with Crippen LogP contribution in [0.4, 0.5) is 0 Å². The number of hydrogen-bond acceptors (Lipinski definition) is 14. The van der Waals surface area contributed by atoms with Crippen molar-refractivity contribution >= 4 is 57.0 Å². The first-order valence-electron chi connectivity index (χ1n) is 22.1. The van der Waals surface area contributed by atoms with Gasteiger partial charge in [0, 0.05) is 85.4 Å². The summed E-state index contributed by atoms with van der Waals surface area (Å²) in [5, 5.41) is 9.31. The normalized spacial score (nSPS) is 13.0. The minimum absolute atomic E-state index is 0. The zero-order chi connectivity index (χ0) is 49.1. The van der Waals surface area contributed by atoms with Crippen molar-refractivity contribution in [3.8, 4) is 23.1 Å². The number of benzene rings is 2. The Hall–Kier alpha value is -5.77. The molecule has 6 aromatic heterocycles. The molecule has 0 spiro atoms. The zero-order valence-corrected chi connectivity index (χ0v) is 46.5. The molecular weight excluding hydrogens is 1030 g/mol. The Labute approximate surface area is 500 Å². The standard InChI is InChI=1S/2C24H23N7O4.BrH.K.2Li/c2*1-15-27-14-31(28-15)22-20-19(18(35-2)13-26-22)17(12-25-20)21(32)24(34)30-10-8-29(9-11-30)23(33)16-6-4-3-5-7-16;;;;/h2*3-7,12-14H,8-11H2,1-2H3,(H,25,26,32);1H;;;/q;;;3*+1/p-3. The van der Waals surface area contributed by atoms with E-state index in [1.165, 1.54) is 70.8 Å². The Morgan fingerprint density at radius 1 is 0.514 bits per heavy atom. The second-order valence-electron chi connectivity index (χ2n) is 16.1. The van der Waals surface area contributed by atoms with Crippen molar-refractivity contribution in [2.45, 2.75) is 13.8 Å². The third kappa shape index (κ3) is 12.2. The Kier molecular flexibility index (Phi) is 20.9. The van der Waals surface area contributed by atoms with Gasteiger partial charge in [-0.05, 0) is 38.1 Å². The number of halogens is 1. The maximum absolute atomic E-state index is 13.3. The number of fused-ring (bicyclic) bond motifs is 2. The van der Waals surface area contributed by atoms with Crippen LogP contribution in [0.1, 0.15) is 53.1 Å². The maximum Gasteiger partial charge on any atom is 1.00 e. The quantitative estimate of drug-likeness (QED) is 0.0701. The van der Waals surface area contributed by atoms with Crippen molar-refractivity contribution in [3.05, 3.63) is 132 Å². The van der Waals surface area contributed by atoms with Crippen LogP contribution in [-0.2, 0) is 9.59 Å². The van der Waals surface area contributed by atoms with Gasteiger partial charge in [-0.25, -0.2) is 29.3 Å². The van der Waals surface area contributed by atoms with Gasteiger partial charge in [0.1, 0.15) is 47.4 Å². The fourth-order valence-corrected chi connectivity index (χ4v) is 8.25. The van der Waals surface area contributed by atoms with Crippen LogP contribution in [0.2, 0.25) is 0 Å². The predicted molar refractivity (Wildman–Crippen MR) is 249 cm³/mol. The van der Waals surface area contributed by atoms with E-state index in [1.54, 1.807) is 47.9 Å². The molecule has 10 rings (SSSR count). The second kappa shape index (κ2) is 26.1. The van der Waals surface area contributed by atoms with Gasteiger partial charge in [-0.2, -0.15) is 22.6 Å². The molecule has 22 nitrogen and oxygen atoms in total. The molecule has 364 valence electrons. The number of nitrogens with zero attached hydrogens (tertiary/aromatic N) is 14. The predicted octanol–water partition coefficient (Wildman–Crippen LogP) is -9.47. The molecule has 8 heterocycles. The Balaban J connectivity index is 0.000000260. The third-order valence-corrected chi connectivity index (χ3v) is 11.9. The smallest absolute Gasteiger partial charge is 1.00 e. The van der Waals surface area contributed by atoms with E-state index in [4.69, 9.17) is 9.47 Å². The van der Waals surface area contributed by atoms with Crippen LogP contribution in [0.3, 0.4) is 0 Å². The summed E-state index contributed by atoms with van der Waals surface area (Å²) in [6.45, 7) is 5.91. The van der Waals surface area contributed by atoms with Gasteiger partial charge in [0.25, 0.3) is 23.6 Å². The summed E-state index contributed by atoms with van der Waals surface area (Å²) in [6.07, 6.45) is 8.65. The molecule has 0 N–H and O–H groups in total. The van der Waals surface area contributed by atoms with Gasteiger partial charge in [-0.1, -0.05) is 47.4 Å². The van der Waals surface area contributed by atoms with Crippen LogP contribution in [0, 0.1) is 13.8 Å². The van der Waals surface area contributed by atoms with Gasteiger partial charge >= 0.3 is 89.1 Å². The molecule has 2 aliphatic rings. The number of piperazine rings is 2. The molecule has 0 aliphatic carbocycles. The van der Waals surface area contributed by atoms with Gasteiger partial charge in [0.05, 0.1) is 26.6 Å². The fraction of sp³-hybridized carbons (Fsp3) is 0.250. The second-order valence-corrected chi connectivity index (χ2v) is 16.1. The van der Waals surface area contributed by atoms with Crippen LogP contribution >= 0.6 is 0 Å². The van der Waals surface area contributed by atoms with Crippen molar-refractivity contribution in [3.63, 3.8) is 0 Å². The molecule has 26 heteroatoms. The molecule has 8 aromatic rings. The first-order valence-corrected chi connectivity index (χ1v) is 22.1. The van der Waals surface area contributed by atoms with E-state index in [0.717, 1.165) is 0 Å². The van der Waals surface area contributed by atoms with Crippen LogP contribution in [0.25, 0.3) is 33.4 Å². The largest absolute Gasteiger partial charge is 1.00 e. The Morgan fingerprint density at radius 3 is 1.16 bits per heavy atom. The summed E-state index contributed by atoms with van der Waals surface area (Å²) in [7, 11) is 2.92. The number of hydrogen-bond donors (Lipinski definition) is 0. The van der Waals surface area contributed by atoms with Crippen molar-refractivity contribution in [2.24, 2.45) is 0 Å². The van der Waals surface area contributed by atoms with E-state index in [2.05, 4.69) is 40.1 Å². The van der Waals surface area contributed by atoms with E-state index >= 15 is 0 Å². The van der Waals surface area contributed by atoms with Crippen LogP contribution in [0.5, 0.6) is 11.5 Å². The Bertz CT molecular complexity index is 3080. The molecule has 2 aromatic carbocycles. The number of ketones is 2. The molecule has 4 amide bonds. The Morgan fingerprint density at radius 2 is 0.851 bits per heavy atom. The zero-order valence-electron chi connectivity index (χ0n) is 41.8. The average Bonchev–Trinajstić information content (AvgIpc) is 4.25. The number of rotatable bonds is 10. The summed E-state index contributed by atoms with van der Waals surface area (Å²) in [5.74, 6) is -0.363. The SMILES string of the molecule is COc1cnc(-n2cnc(C)n2)c2[n-]cc(C(=O)C(=O)N3CCN(C(=O)c4ccccc4)CC3)c12.COc1cnc(-n2cnc(C)n2)c2[n-]cc(C(=O)C(=O)N3CCN(C(=O)c4ccccc4)CC3)c12.[Br-].[K+].[Li+].[Li+]. The monoisotopic (exact) mass is 1080 g/mol. The summed E-state index contributed by atoms with van der Waals surface area (Å²) in [5.41, 5.74) is 2.20. The van der Waals surface area contributed by atoms with Crippen molar-refractivity contribution < 1.29 is 144 Å². The number of aromatic nitrogens is 10. The van der Waals surface area contributed by atoms with Gasteiger partial charge in [0.15, 0.2) is 0 Å². The van der Waals surface area contributed by atoms with Crippen LogP contribution in [0.15, 0.2) is 98.1 Å². The molecule has 2 aliphatic heterocycles. The minimum atomic E-state index is -0.694. The number of carbonyl (C=O) groups excluding carboxylic acids is 6. The van der Waals surface area contributed by atoms with E-state index < -0.39 is 23.4 Å². The molecule has 74 heavy (non-hydrogen) atoms. The molecule has 0 radical (unpaired) electrons. The number of methoxy groups -OCH3 is 2. The summed E-state index contributed by atoms with van der Waals surface area (Å²) >= 11 is 0. The first kappa shape index (κ1) is 59.1. The molecule has 0 atom stereocenters. The number of ether oxygens (including phenoxy) is 2. The van der Waals surface area contributed by atoms with Gasteiger partial charge in [0.2, 0.25) is 11.6 Å². The van der Waals surface area contributed by atoms with E-state index in [1.807, 2.05) is 36.4 Å². The van der Waals surface area contributed by atoms with Gasteiger partial charge < -0.3 is 56.0 Å². The van der Waals surface area contributed by atoms with E-state index in [-0.39, 0.29) is 155 Å². The molecule has 0 bridgehead atoms. The molecule has 0 unspecified atom stereocenters. The summed E-state index contributed by atoms with van der Waals surface area (Å²) in [4.78, 5) is 110. The molecule has 0 saturated carbocycles. The summed E-state index contributed by atoms with van der Waals surface area (Å²) < 4.78 is 13.7. The van der Waals surface area contributed by atoms with Gasteiger partial charge in [-0.15, -0.1) is 0 Å². The molecule has 2 saturated heterocycles. The number of Topliss-reactive ketones (excluding diaryl/α,β-unsaturated/α-hetero) is 2. The fourth-order valence-electron chi connectivity index (χ4n) is 8.25. The van der Waals surface area contributed by atoms with E-state index in [9.17, 15) is 28.8 Å². The maximum atomic E-state index is 13.3.